The molecule has 1 amide bonds. The van der Waals surface area contributed by atoms with Crippen LogP contribution in [0.2, 0.25) is 0 Å². The van der Waals surface area contributed by atoms with Crippen LogP contribution in [0.1, 0.15) is 12.8 Å². The highest BCUT2D eigenvalue weighted by Crippen LogP contribution is 2.24. The number of nitrogens with zero attached hydrogens (tertiary/aromatic N) is 3. The first-order valence-corrected chi connectivity index (χ1v) is 7.06. The quantitative estimate of drug-likeness (QED) is 0.737. The van der Waals surface area contributed by atoms with Crippen molar-refractivity contribution in [2.75, 3.05) is 37.6 Å². The summed E-state index contributed by atoms with van der Waals surface area (Å²) in [5, 5.41) is 3.25. The van der Waals surface area contributed by atoms with E-state index in [1.807, 2.05) is 9.80 Å². The molecule has 1 aromatic heterocycles. The van der Waals surface area contributed by atoms with Crippen LogP contribution in [0.4, 0.5) is 5.82 Å². The molecule has 2 N–H and O–H groups in total. The predicted octanol–water partition coefficient (Wildman–Crippen LogP) is -0.829. The van der Waals surface area contributed by atoms with Gasteiger partial charge in [-0.1, -0.05) is 0 Å². The maximum Gasteiger partial charge on any atom is 0.252 e. The van der Waals surface area contributed by atoms with E-state index < -0.39 is 0 Å². The molecule has 7 nitrogen and oxygen atoms in total. The molecule has 2 saturated heterocycles. The van der Waals surface area contributed by atoms with E-state index in [-0.39, 0.29) is 17.5 Å². The van der Waals surface area contributed by atoms with E-state index in [0.29, 0.717) is 5.82 Å². The fraction of sp³-hybridized carbons (Fsp3) is 0.615. The van der Waals surface area contributed by atoms with E-state index in [0.717, 1.165) is 45.6 Å². The summed E-state index contributed by atoms with van der Waals surface area (Å²) in [6.07, 6.45) is 3.18. The molecule has 7 heteroatoms. The molecule has 0 radical (unpaired) electrons. The largest absolute Gasteiger partial charge is 0.344 e. The zero-order valence-corrected chi connectivity index (χ0v) is 11.3. The van der Waals surface area contributed by atoms with Gasteiger partial charge in [0.1, 0.15) is 11.9 Å². The van der Waals surface area contributed by atoms with Crippen molar-refractivity contribution in [1.82, 2.24) is 20.2 Å². The topological polar surface area (TPSA) is 81.3 Å². The molecule has 1 atom stereocenters. The molecule has 3 heterocycles. The molecule has 0 spiro atoms. The highest BCUT2D eigenvalue weighted by molar-refractivity contribution is 5.85. The Morgan fingerprint density at radius 3 is 2.85 bits per heavy atom. The minimum Gasteiger partial charge on any atom is -0.344 e. The number of amides is 1. The lowest BCUT2D eigenvalue weighted by Gasteiger charge is -2.33. The van der Waals surface area contributed by atoms with E-state index in [9.17, 15) is 9.59 Å². The fourth-order valence-corrected chi connectivity index (χ4v) is 2.91. The SMILES string of the molecule is O=C(C1CCCN1c1cc(=O)[nH]cn1)N1CCNCC1. The van der Waals surface area contributed by atoms with Crippen molar-refractivity contribution >= 4 is 11.7 Å². The Morgan fingerprint density at radius 2 is 2.10 bits per heavy atom. The highest BCUT2D eigenvalue weighted by Gasteiger charge is 2.34. The van der Waals surface area contributed by atoms with Crippen LogP contribution >= 0.6 is 0 Å². The lowest BCUT2D eigenvalue weighted by Crippen LogP contribution is -2.52. The summed E-state index contributed by atoms with van der Waals surface area (Å²) >= 11 is 0. The van der Waals surface area contributed by atoms with E-state index in [2.05, 4.69) is 15.3 Å². The van der Waals surface area contributed by atoms with Crippen molar-refractivity contribution in [3.63, 3.8) is 0 Å². The lowest BCUT2D eigenvalue weighted by molar-refractivity contribution is -0.133. The maximum absolute atomic E-state index is 12.6. The van der Waals surface area contributed by atoms with Crippen LogP contribution < -0.4 is 15.8 Å². The van der Waals surface area contributed by atoms with Crippen LogP contribution in [-0.4, -0.2) is 59.5 Å². The third kappa shape index (κ3) is 2.53. The summed E-state index contributed by atoms with van der Waals surface area (Å²) in [6.45, 7) is 3.99. The van der Waals surface area contributed by atoms with Gasteiger partial charge in [-0.3, -0.25) is 9.59 Å². The van der Waals surface area contributed by atoms with Gasteiger partial charge in [-0.2, -0.15) is 0 Å². The van der Waals surface area contributed by atoms with Gasteiger partial charge in [0.15, 0.2) is 0 Å². The van der Waals surface area contributed by atoms with Gasteiger partial charge in [0.05, 0.1) is 6.33 Å². The average molecular weight is 277 g/mol. The summed E-state index contributed by atoms with van der Waals surface area (Å²) in [5.41, 5.74) is -0.185. The minimum absolute atomic E-state index is 0.158. The number of carbonyl (C=O) groups excluding carboxylic acids is 1. The van der Waals surface area contributed by atoms with Gasteiger partial charge >= 0.3 is 0 Å². The Kier molecular flexibility index (Phi) is 3.68. The van der Waals surface area contributed by atoms with E-state index >= 15 is 0 Å². The van der Waals surface area contributed by atoms with Gasteiger partial charge < -0.3 is 20.1 Å². The number of aromatic nitrogens is 2. The third-order valence-electron chi connectivity index (χ3n) is 3.92. The Labute approximate surface area is 117 Å². The number of anilines is 1. The Balaban J connectivity index is 1.78. The maximum atomic E-state index is 12.6. The lowest BCUT2D eigenvalue weighted by atomic mass is 10.1. The van der Waals surface area contributed by atoms with Crippen LogP contribution in [0.3, 0.4) is 0 Å². The summed E-state index contributed by atoms with van der Waals surface area (Å²) in [6, 6.07) is 1.28. The Morgan fingerprint density at radius 1 is 1.30 bits per heavy atom. The Hall–Kier alpha value is -1.89. The van der Waals surface area contributed by atoms with Crippen LogP contribution in [0.15, 0.2) is 17.2 Å². The van der Waals surface area contributed by atoms with Crippen molar-refractivity contribution in [1.29, 1.82) is 0 Å². The molecule has 108 valence electrons. The minimum atomic E-state index is -0.185. The number of rotatable bonds is 2. The molecule has 3 rings (SSSR count). The zero-order valence-electron chi connectivity index (χ0n) is 11.3. The molecule has 0 aromatic carbocycles. The normalized spacial score (nSPS) is 23.1. The van der Waals surface area contributed by atoms with Crippen LogP contribution in [0, 0.1) is 0 Å². The van der Waals surface area contributed by atoms with Gasteiger partial charge in [-0.15, -0.1) is 0 Å². The van der Waals surface area contributed by atoms with Crippen molar-refractivity contribution in [2.45, 2.75) is 18.9 Å². The molecule has 0 bridgehead atoms. The number of hydrogen-bond donors (Lipinski definition) is 2. The Bertz CT molecular complexity index is 538. The first-order valence-electron chi connectivity index (χ1n) is 7.06. The molecule has 1 aromatic rings. The first kappa shape index (κ1) is 13.1. The van der Waals surface area contributed by atoms with E-state index in [1.54, 1.807) is 0 Å². The number of piperazine rings is 1. The molecule has 0 aliphatic carbocycles. The second kappa shape index (κ2) is 5.62. The molecule has 20 heavy (non-hydrogen) atoms. The number of H-pyrrole nitrogens is 1. The second-order valence-corrected chi connectivity index (χ2v) is 5.20. The van der Waals surface area contributed by atoms with Gasteiger partial charge in [0.25, 0.3) is 5.56 Å². The molecule has 2 aliphatic rings. The number of carbonyl (C=O) groups is 1. The summed E-state index contributed by atoms with van der Waals surface area (Å²) in [4.78, 5) is 34.6. The second-order valence-electron chi connectivity index (χ2n) is 5.20. The standard InChI is InChI=1S/C13H19N5O2/c19-12-8-11(15-9-16-12)18-5-1-2-10(18)13(20)17-6-3-14-4-7-17/h8-10,14H,1-7H2,(H,15,16,19). The number of hydrogen-bond acceptors (Lipinski definition) is 5. The average Bonchev–Trinajstić information content (AvgIpc) is 2.97. The zero-order chi connectivity index (χ0) is 13.9. The predicted molar refractivity (Wildman–Crippen MR) is 74.7 cm³/mol. The van der Waals surface area contributed by atoms with Gasteiger partial charge in [-0.05, 0) is 12.8 Å². The van der Waals surface area contributed by atoms with Crippen molar-refractivity contribution in [2.24, 2.45) is 0 Å². The molecule has 1 unspecified atom stereocenters. The molecule has 2 fully saturated rings. The van der Waals surface area contributed by atoms with Gasteiger partial charge in [-0.25, -0.2) is 4.98 Å². The monoisotopic (exact) mass is 277 g/mol. The molecular weight excluding hydrogens is 258 g/mol. The highest BCUT2D eigenvalue weighted by atomic mass is 16.2. The molecular formula is C13H19N5O2. The number of nitrogens with one attached hydrogen (secondary N) is 2. The van der Waals surface area contributed by atoms with Crippen LogP contribution in [-0.2, 0) is 4.79 Å². The van der Waals surface area contributed by atoms with Crippen LogP contribution in [0.5, 0.6) is 0 Å². The summed E-state index contributed by atoms with van der Waals surface area (Å²) in [5.74, 6) is 0.755. The van der Waals surface area contributed by atoms with Gasteiger partial charge in [0.2, 0.25) is 5.91 Å². The smallest absolute Gasteiger partial charge is 0.252 e. The van der Waals surface area contributed by atoms with Crippen molar-refractivity contribution in [3.8, 4) is 0 Å². The molecule has 2 aliphatic heterocycles. The summed E-state index contributed by atoms with van der Waals surface area (Å²) in [7, 11) is 0. The third-order valence-corrected chi connectivity index (χ3v) is 3.92. The summed E-state index contributed by atoms with van der Waals surface area (Å²) < 4.78 is 0. The van der Waals surface area contributed by atoms with Crippen LogP contribution in [0.25, 0.3) is 0 Å². The van der Waals surface area contributed by atoms with Crippen molar-refractivity contribution < 1.29 is 4.79 Å². The first-order chi connectivity index (χ1) is 9.75. The molecule has 0 saturated carbocycles. The number of aromatic amines is 1. The van der Waals surface area contributed by atoms with E-state index in [1.165, 1.54) is 12.4 Å². The van der Waals surface area contributed by atoms with Crippen molar-refractivity contribution in [3.05, 3.63) is 22.7 Å². The van der Waals surface area contributed by atoms with Gasteiger partial charge in [0, 0.05) is 38.8 Å². The fourth-order valence-electron chi connectivity index (χ4n) is 2.91. The van der Waals surface area contributed by atoms with E-state index in [4.69, 9.17) is 0 Å².